The van der Waals surface area contributed by atoms with E-state index in [0.29, 0.717) is 17.2 Å². The number of hydrazone groups is 1. The van der Waals surface area contributed by atoms with Gasteiger partial charge in [0.15, 0.2) is 5.41 Å². The topological polar surface area (TPSA) is 126 Å². The maximum Gasteiger partial charge on any atom is 0.297 e. The minimum absolute atomic E-state index is 0.0582. The van der Waals surface area contributed by atoms with Crippen LogP contribution in [0.4, 0.5) is 11.6 Å². The second-order valence-corrected chi connectivity index (χ2v) is 4.88. The normalized spacial score (nSPS) is 28.0. The Morgan fingerprint density at radius 3 is 2.80 bits per heavy atom. The Morgan fingerprint density at radius 2 is 2.20 bits per heavy atom. The lowest BCUT2D eigenvalue weighted by Crippen LogP contribution is -2.41. The van der Waals surface area contributed by atoms with E-state index in [1.807, 2.05) is 0 Å². The van der Waals surface area contributed by atoms with Crippen molar-refractivity contribution in [1.29, 1.82) is 0 Å². The van der Waals surface area contributed by atoms with E-state index in [9.17, 15) is 9.90 Å². The lowest BCUT2D eigenvalue weighted by atomic mass is 9.84. The zero-order valence-electron chi connectivity index (χ0n) is 11.2. The molecule has 0 saturated carbocycles. The number of nitrogens with one attached hydrogen (secondary N) is 1. The van der Waals surface area contributed by atoms with Crippen LogP contribution in [0.5, 0.6) is 0 Å². The standard InChI is InChI=1S/C11H14N6O3/c1-4-13-6(12)5-7(14-4)15-8(18)11(5,2)9-16-17(3)10(19)20-9/h10,19H,1-3H3,(H3,12,13,14,15,18). The summed E-state index contributed by atoms with van der Waals surface area (Å²) in [6.07, 6.45) is -1.23. The van der Waals surface area contributed by atoms with Gasteiger partial charge in [0.1, 0.15) is 17.5 Å². The van der Waals surface area contributed by atoms with E-state index in [0.717, 1.165) is 0 Å². The maximum absolute atomic E-state index is 12.3. The molecule has 0 aliphatic carbocycles. The third-order valence-electron chi connectivity index (χ3n) is 3.45. The van der Waals surface area contributed by atoms with E-state index in [1.165, 1.54) is 12.1 Å². The van der Waals surface area contributed by atoms with Gasteiger partial charge in [-0.05, 0) is 13.8 Å². The molecular formula is C11H14N6O3. The Bertz CT molecular complexity index is 645. The number of nitrogens with zero attached hydrogens (tertiary/aromatic N) is 4. The van der Waals surface area contributed by atoms with Gasteiger partial charge in [0, 0.05) is 7.05 Å². The Hall–Kier alpha value is -2.42. The first-order valence-corrected chi connectivity index (χ1v) is 5.96. The Morgan fingerprint density at radius 1 is 1.50 bits per heavy atom. The summed E-state index contributed by atoms with van der Waals surface area (Å²) in [5.74, 6) is 0.669. The molecule has 1 aromatic heterocycles. The molecule has 3 rings (SSSR count). The summed E-state index contributed by atoms with van der Waals surface area (Å²) in [7, 11) is 1.53. The molecule has 2 unspecified atom stereocenters. The number of nitrogens with two attached hydrogens (primary N) is 1. The fraction of sp³-hybridized carbons (Fsp3) is 0.455. The second-order valence-electron chi connectivity index (χ2n) is 4.88. The molecule has 1 aromatic rings. The number of fused-ring (bicyclic) bond motifs is 1. The minimum atomic E-state index is -1.27. The van der Waals surface area contributed by atoms with Gasteiger partial charge in [-0.2, -0.15) is 0 Å². The van der Waals surface area contributed by atoms with Crippen LogP contribution in [-0.4, -0.2) is 45.3 Å². The average molecular weight is 278 g/mol. The Labute approximate surface area is 114 Å². The minimum Gasteiger partial charge on any atom is -0.429 e. The van der Waals surface area contributed by atoms with Crippen LogP contribution in [0.3, 0.4) is 0 Å². The van der Waals surface area contributed by atoms with Crippen LogP contribution in [0.2, 0.25) is 0 Å². The van der Waals surface area contributed by atoms with Gasteiger partial charge in [-0.3, -0.25) is 4.79 Å². The summed E-state index contributed by atoms with van der Waals surface area (Å²) >= 11 is 0. The van der Waals surface area contributed by atoms with Crippen molar-refractivity contribution >= 4 is 23.4 Å². The highest BCUT2D eigenvalue weighted by molar-refractivity contribution is 6.20. The van der Waals surface area contributed by atoms with Crippen molar-refractivity contribution in [1.82, 2.24) is 15.0 Å². The summed E-state index contributed by atoms with van der Waals surface area (Å²) in [5, 5.41) is 17.5. The van der Waals surface area contributed by atoms with E-state index >= 15 is 0 Å². The zero-order valence-corrected chi connectivity index (χ0v) is 11.2. The van der Waals surface area contributed by atoms with Crippen molar-refractivity contribution in [3.8, 4) is 0 Å². The van der Waals surface area contributed by atoms with E-state index < -0.39 is 11.8 Å². The molecule has 0 bridgehead atoms. The molecule has 0 radical (unpaired) electrons. The van der Waals surface area contributed by atoms with Crippen molar-refractivity contribution in [3.05, 3.63) is 11.4 Å². The van der Waals surface area contributed by atoms with Crippen LogP contribution in [-0.2, 0) is 14.9 Å². The molecule has 4 N–H and O–H groups in total. The fourth-order valence-corrected chi connectivity index (χ4v) is 2.34. The highest BCUT2D eigenvalue weighted by atomic mass is 16.7. The smallest absolute Gasteiger partial charge is 0.297 e. The monoisotopic (exact) mass is 278 g/mol. The SMILES string of the molecule is Cc1nc(N)c2c(n1)NC(=O)C2(C)C1=NN(C)C(O)O1. The lowest BCUT2D eigenvalue weighted by molar-refractivity contribution is -0.121. The maximum atomic E-state index is 12.3. The number of aliphatic hydroxyl groups excluding tert-OH is 1. The van der Waals surface area contributed by atoms with Gasteiger partial charge in [-0.25, -0.2) is 15.0 Å². The largest absolute Gasteiger partial charge is 0.429 e. The number of aliphatic hydroxyl groups is 1. The van der Waals surface area contributed by atoms with Crippen molar-refractivity contribution in [2.24, 2.45) is 5.10 Å². The number of aromatic nitrogens is 2. The van der Waals surface area contributed by atoms with Gasteiger partial charge in [-0.15, -0.1) is 5.10 Å². The first-order chi connectivity index (χ1) is 9.34. The number of hydrogen-bond donors (Lipinski definition) is 3. The van der Waals surface area contributed by atoms with Gasteiger partial charge in [0.2, 0.25) is 11.8 Å². The number of ether oxygens (including phenoxy) is 1. The molecule has 9 nitrogen and oxygen atoms in total. The second kappa shape index (κ2) is 3.79. The van der Waals surface area contributed by atoms with Crippen molar-refractivity contribution < 1.29 is 14.6 Å². The van der Waals surface area contributed by atoms with Crippen LogP contribution >= 0.6 is 0 Å². The molecule has 2 aliphatic heterocycles. The van der Waals surface area contributed by atoms with E-state index in [4.69, 9.17) is 10.5 Å². The van der Waals surface area contributed by atoms with Crippen molar-refractivity contribution in [3.63, 3.8) is 0 Å². The van der Waals surface area contributed by atoms with E-state index in [-0.39, 0.29) is 17.6 Å². The van der Waals surface area contributed by atoms with Crippen LogP contribution in [0.1, 0.15) is 18.3 Å². The van der Waals surface area contributed by atoms with Gasteiger partial charge in [0.05, 0.1) is 5.56 Å². The van der Waals surface area contributed by atoms with Crippen LogP contribution in [0.25, 0.3) is 0 Å². The number of carbonyl (C=O) groups excluding carboxylic acids is 1. The molecule has 3 heterocycles. The fourth-order valence-electron chi connectivity index (χ4n) is 2.34. The predicted octanol–water partition coefficient (Wildman–Crippen LogP) is -0.872. The van der Waals surface area contributed by atoms with Crippen LogP contribution in [0, 0.1) is 6.92 Å². The third kappa shape index (κ3) is 1.46. The number of hydrogen-bond acceptors (Lipinski definition) is 8. The Balaban J connectivity index is 2.17. The van der Waals surface area contributed by atoms with Gasteiger partial charge in [0.25, 0.3) is 6.41 Å². The predicted molar refractivity (Wildman–Crippen MR) is 69.5 cm³/mol. The average Bonchev–Trinajstić information content (AvgIpc) is 2.80. The molecule has 2 aliphatic rings. The van der Waals surface area contributed by atoms with Gasteiger partial charge in [-0.1, -0.05) is 0 Å². The highest BCUT2D eigenvalue weighted by Gasteiger charge is 2.54. The number of carbonyl (C=O) groups is 1. The summed E-state index contributed by atoms with van der Waals surface area (Å²) in [4.78, 5) is 20.6. The molecule has 2 atom stereocenters. The Kier molecular flexibility index (Phi) is 2.39. The third-order valence-corrected chi connectivity index (χ3v) is 3.45. The number of nitrogen functional groups attached to an aromatic ring is 1. The zero-order chi connectivity index (χ0) is 14.7. The lowest BCUT2D eigenvalue weighted by Gasteiger charge is -2.21. The molecule has 106 valence electrons. The number of rotatable bonds is 1. The van der Waals surface area contributed by atoms with Crippen molar-refractivity contribution in [2.45, 2.75) is 25.7 Å². The van der Waals surface area contributed by atoms with Crippen LogP contribution < -0.4 is 11.1 Å². The molecule has 20 heavy (non-hydrogen) atoms. The molecule has 0 spiro atoms. The molecule has 0 aromatic carbocycles. The molecule has 1 amide bonds. The summed E-state index contributed by atoms with van der Waals surface area (Å²) < 4.78 is 5.23. The highest BCUT2D eigenvalue weighted by Crippen LogP contribution is 2.42. The van der Waals surface area contributed by atoms with E-state index in [1.54, 1.807) is 13.8 Å². The van der Waals surface area contributed by atoms with E-state index in [2.05, 4.69) is 20.4 Å². The summed E-state index contributed by atoms with van der Waals surface area (Å²) in [6, 6.07) is 0. The number of amides is 1. The number of aryl methyl sites for hydroxylation is 1. The van der Waals surface area contributed by atoms with Crippen LogP contribution in [0.15, 0.2) is 5.10 Å². The molecular weight excluding hydrogens is 264 g/mol. The summed E-state index contributed by atoms with van der Waals surface area (Å²) in [6.45, 7) is 3.29. The molecule has 0 saturated heterocycles. The molecule has 9 heteroatoms. The van der Waals surface area contributed by atoms with Gasteiger partial charge >= 0.3 is 0 Å². The van der Waals surface area contributed by atoms with Gasteiger partial charge < -0.3 is 20.9 Å². The number of anilines is 2. The summed E-state index contributed by atoms with van der Waals surface area (Å²) in [5.41, 5.74) is 5.06. The first-order valence-electron chi connectivity index (χ1n) is 5.96. The molecule has 0 fully saturated rings. The van der Waals surface area contributed by atoms with Crippen molar-refractivity contribution in [2.75, 3.05) is 18.1 Å². The first kappa shape index (κ1) is 12.6. The quantitative estimate of drug-likeness (QED) is 0.609.